The third-order valence-electron chi connectivity index (χ3n) is 5.13. The third kappa shape index (κ3) is 3.83. The van der Waals surface area contributed by atoms with Gasteiger partial charge in [0.15, 0.2) is 16.9 Å². The Morgan fingerprint density at radius 3 is 2.34 bits per heavy atom. The molecular formula is C21H20O11. The lowest BCUT2D eigenvalue weighted by atomic mass is 9.99. The van der Waals surface area contributed by atoms with Crippen LogP contribution in [-0.2, 0) is 4.74 Å². The van der Waals surface area contributed by atoms with Crippen molar-refractivity contribution in [2.24, 2.45) is 0 Å². The van der Waals surface area contributed by atoms with Crippen molar-refractivity contribution >= 4 is 11.0 Å². The molecule has 1 aliphatic rings. The summed E-state index contributed by atoms with van der Waals surface area (Å²) in [6, 6.07) is 7.14. The summed E-state index contributed by atoms with van der Waals surface area (Å²) >= 11 is 0. The van der Waals surface area contributed by atoms with E-state index in [9.17, 15) is 40.5 Å². The topological polar surface area (TPSA) is 190 Å². The standard InChI is InChI=1S/C21H20O11/c22-7-16-18(27)19(28)20(29)21(32-16)31-15-5-9(23)4-14-17(15)12(26)6-13(30-14)8-1-2-10(24)11(25)3-8/h1-6,16,18-25,27-29H,7H2/t16-,18+,19+,20-,21-/m0/s1. The van der Waals surface area contributed by atoms with Crippen LogP contribution >= 0.6 is 0 Å². The first-order chi connectivity index (χ1) is 15.2. The number of hydrogen-bond acceptors (Lipinski definition) is 11. The second kappa shape index (κ2) is 8.30. The van der Waals surface area contributed by atoms with Crippen LogP contribution < -0.4 is 10.2 Å². The zero-order valence-electron chi connectivity index (χ0n) is 16.3. The van der Waals surface area contributed by atoms with Crippen molar-refractivity contribution in [3.8, 4) is 34.3 Å². The molecule has 0 radical (unpaired) electrons. The monoisotopic (exact) mass is 448 g/mol. The molecule has 11 nitrogen and oxygen atoms in total. The number of aromatic hydroxyl groups is 3. The highest BCUT2D eigenvalue weighted by Gasteiger charge is 2.45. The highest BCUT2D eigenvalue weighted by molar-refractivity contribution is 5.86. The van der Waals surface area contributed by atoms with Crippen molar-refractivity contribution in [3.63, 3.8) is 0 Å². The van der Waals surface area contributed by atoms with Gasteiger partial charge >= 0.3 is 0 Å². The Labute approximate surface area is 179 Å². The molecule has 5 atom stereocenters. The van der Waals surface area contributed by atoms with Gasteiger partial charge in [0.05, 0.1) is 6.61 Å². The van der Waals surface area contributed by atoms with E-state index in [1.54, 1.807) is 0 Å². The largest absolute Gasteiger partial charge is 0.508 e. The van der Waals surface area contributed by atoms with Gasteiger partial charge in [-0.2, -0.15) is 0 Å². The summed E-state index contributed by atoms with van der Waals surface area (Å²) in [5, 5.41) is 68.4. The summed E-state index contributed by atoms with van der Waals surface area (Å²) in [5.74, 6) is -1.34. The highest BCUT2D eigenvalue weighted by atomic mass is 16.7. The van der Waals surface area contributed by atoms with Crippen molar-refractivity contribution in [2.45, 2.75) is 30.7 Å². The van der Waals surface area contributed by atoms with E-state index in [0.717, 1.165) is 18.2 Å². The molecule has 11 heteroatoms. The molecule has 1 aromatic heterocycles. The minimum absolute atomic E-state index is 0.0298. The molecule has 0 spiro atoms. The molecule has 3 aromatic rings. The Bertz CT molecular complexity index is 1200. The van der Waals surface area contributed by atoms with Gasteiger partial charge in [0.1, 0.15) is 52.6 Å². The van der Waals surface area contributed by atoms with Crippen LogP contribution in [0, 0.1) is 0 Å². The van der Waals surface area contributed by atoms with Crippen molar-refractivity contribution in [2.75, 3.05) is 6.61 Å². The van der Waals surface area contributed by atoms with Crippen molar-refractivity contribution in [3.05, 3.63) is 46.6 Å². The van der Waals surface area contributed by atoms with E-state index in [1.165, 1.54) is 18.2 Å². The van der Waals surface area contributed by atoms with E-state index >= 15 is 0 Å². The second-order valence-corrected chi connectivity index (χ2v) is 7.31. The molecule has 170 valence electrons. The minimum Gasteiger partial charge on any atom is -0.508 e. The average molecular weight is 448 g/mol. The van der Waals surface area contributed by atoms with Gasteiger partial charge in [0.25, 0.3) is 0 Å². The van der Waals surface area contributed by atoms with Gasteiger partial charge in [0.2, 0.25) is 6.29 Å². The molecule has 1 saturated heterocycles. The van der Waals surface area contributed by atoms with Crippen LogP contribution in [0.1, 0.15) is 0 Å². The lowest BCUT2D eigenvalue weighted by Gasteiger charge is -2.39. The molecule has 0 aliphatic carbocycles. The van der Waals surface area contributed by atoms with Crippen molar-refractivity contribution in [1.29, 1.82) is 0 Å². The lowest BCUT2D eigenvalue weighted by molar-refractivity contribution is -0.277. The Balaban J connectivity index is 1.76. The first kappa shape index (κ1) is 21.9. The number of phenols is 3. The molecule has 0 saturated carbocycles. The normalized spacial score (nSPS) is 25.7. The second-order valence-electron chi connectivity index (χ2n) is 7.31. The van der Waals surface area contributed by atoms with Crippen molar-refractivity contribution in [1.82, 2.24) is 0 Å². The summed E-state index contributed by atoms with van der Waals surface area (Å²) in [6.07, 6.45) is -7.82. The van der Waals surface area contributed by atoms with Gasteiger partial charge in [-0.3, -0.25) is 4.79 Å². The number of hydrogen-bond donors (Lipinski definition) is 7. The molecule has 1 aliphatic heterocycles. The van der Waals surface area contributed by atoms with Gasteiger partial charge in [-0.05, 0) is 18.2 Å². The SMILES string of the molecule is O=c1cc(-c2ccc(O)c(O)c2)oc2cc(O)cc(O[C@H]3O[C@@H](CO)[C@@H](O)[C@@H](O)[C@@H]3O)c12. The molecule has 0 amide bonds. The summed E-state index contributed by atoms with van der Waals surface area (Å²) in [4.78, 5) is 12.9. The van der Waals surface area contributed by atoms with E-state index in [-0.39, 0.29) is 39.5 Å². The first-order valence-electron chi connectivity index (χ1n) is 9.50. The number of phenolic OH excluding ortho intramolecular Hbond substituents is 3. The van der Waals surface area contributed by atoms with Crippen LogP contribution in [0.25, 0.3) is 22.3 Å². The van der Waals surface area contributed by atoms with Gasteiger partial charge in [-0.25, -0.2) is 0 Å². The molecule has 2 heterocycles. The average Bonchev–Trinajstić information content (AvgIpc) is 2.75. The lowest BCUT2D eigenvalue weighted by Crippen LogP contribution is -2.60. The third-order valence-corrected chi connectivity index (χ3v) is 5.13. The fraction of sp³-hybridized carbons (Fsp3) is 0.286. The quantitative estimate of drug-likeness (QED) is 0.261. The highest BCUT2D eigenvalue weighted by Crippen LogP contribution is 2.35. The molecule has 0 bridgehead atoms. The van der Waals surface area contributed by atoms with Gasteiger partial charge in [0, 0.05) is 23.8 Å². The Morgan fingerprint density at radius 1 is 0.906 bits per heavy atom. The predicted molar refractivity (Wildman–Crippen MR) is 107 cm³/mol. The fourth-order valence-electron chi connectivity index (χ4n) is 3.44. The molecule has 0 unspecified atom stereocenters. The summed E-state index contributed by atoms with van der Waals surface area (Å²) in [7, 11) is 0. The van der Waals surface area contributed by atoms with E-state index in [2.05, 4.69) is 0 Å². The minimum atomic E-state index is -1.73. The van der Waals surface area contributed by atoms with Gasteiger partial charge < -0.3 is 49.6 Å². The molecule has 1 fully saturated rings. The van der Waals surface area contributed by atoms with Gasteiger partial charge in [-0.15, -0.1) is 0 Å². The Kier molecular flexibility index (Phi) is 5.67. The number of rotatable bonds is 4. The van der Waals surface area contributed by atoms with E-state index in [0.29, 0.717) is 0 Å². The molecule has 2 aromatic carbocycles. The molecule has 32 heavy (non-hydrogen) atoms. The molecule has 4 rings (SSSR count). The smallest absolute Gasteiger partial charge is 0.229 e. The van der Waals surface area contributed by atoms with Gasteiger partial charge in [-0.1, -0.05) is 0 Å². The Hall–Kier alpha value is -3.35. The maximum atomic E-state index is 12.9. The zero-order valence-corrected chi connectivity index (χ0v) is 16.3. The molecule has 7 N–H and O–H groups in total. The number of aliphatic hydroxyl groups excluding tert-OH is 4. The van der Waals surface area contributed by atoms with E-state index < -0.39 is 48.5 Å². The van der Waals surface area contributed by atoms with Crippen molar-refractivity contribution < 1.29 is 49.6 Å². The number of ether oxygens (including phenoxy) is 2. The number of benzene rings is 2. The first-order valence-corrected chi connectivity index (χ1v) is 9.50. The number of aliphatic hydroxyl groups is 4. The summed E-state index contributed by atoms with van der Waals surface area (Å²) in [6.45, 7) is -0.670. The number of fused-ring (bicyclic) bond motifs is 1. The van der Waals surface area contributed by atoms with Crippen LogP contribution in [0.2, 0.25) is 0 Å². The maximum Gasteiger partial charge on any atom is 0.229 e. The van der Waals surface area contributed by atoms with Crippen LogP contribution in [-0.4, -0.2) is 73.1 Å². The summed E-state index contributed by atoms with van der Waals surface area (Å²) < 4.78 is 16.5. The predicted octanol–water partition coefficient (Wildman–Crippen LogP) is -0.245. The molecular weight excluding hydrogens is 428 g/mol. The van der Waals surface area contributed by atoms with E-state index in [1.807, 2.05) is 0 Å². The maximum absolute atomic E-state index is 12.9. The zero-order chi connectivity index (χ0) is 23.2. The summed E-state index contributed by atoms with van der Waals surface area (Å²) in [5.41, 5.74) is -0.424. The van der Waals surface area contributed by atoms with Crippen LogP contribution in [0.15, 0.2) is 45.6 Å². The van der Waals surface area contributed by atoms with E-state index in [4.69, 9.17) is 13.9 Å². The van der Waals surface area contributed by atoms with Crippen LogP contribution in [0.4, 0.5) is 0 Å². The Morgan fingerprint density at radius 2 is 1.66 bits per heavy atom. The fourth-order valence-corrected chi connectivity index (χ4v) is 3.44. The van der Waals surface area contributed by atoms with Crippen LogP contribution in [0.5, 0.6) is 23.0 Å². The van der Waals surface area contributed by atoms with Crippen LogP contribution in [0.3, 0.4) is 0 Å².